The van der Waals surface area contributed by atoms with Gasteiger partial charge in [0.1, 0.15) is 17.3 Å². The highest BCUT2D eigenvalue weighted by Gasteiger charge is 2.40. The maximum atomic E-state index is 5.98. The van der Waals surface area contributed by atoms with Gasteiger partial charge in [-0.1, -0.05) is 11.6 Å². The van der Waals surface area contributed by atoms with Gasteiger partial charge in [0.05, 0.1) is 18.2 Å². The molecule has 0 aliphatic carbocycles. The van der Waals surface area contributed by atoms with Gasteiger partial charge < -0.3 is 10.1 Å². The number of aromatic nitrogens is 4. The van der Waals surface area contributed by atoms with Crippen molar-refractivity contribution in [2.24, 2.45) is 0 Å². The number of hydrogen-bond donors (Lipinski definition) is 1. The molecule has 4 heterocycles. The van der Waals surface area contributed by atoms with Gasteiger partial charge in [0.25, 0.3) is 5.78 Å². The molecule has 2 bridgehead atoms. The van der Waals surface area contributed by atoms with Crippen molar-refractivity contribution in [3.05, 3.63) is 17.5 Å². The van der Waals surface area contributed by atoms with E-state index in [4.69, 9.17) is 16.3 Å². The Hall–Kier alpha value is -1.40. The second kappa shape index (κ2) is 3.80. The summed E-state index contributed by atoms with van der Waals surface area (Å²) in [4.78, 5) is 8.15. The molecule has 0 aromatic carbocycles. The van der Waals surface area contributed by atoms with Gasteiger partial charge in [0, 0.05) is 6.07 Å². The molecule has 2 aliphatic heterocycles. The highest BCUT2D eigenvalue weighted by molar-refractivity contribution is 6.29. The molecule has 7 heteroatoms. The zero-order valence-electron chi connectivity index (χ0n) is 9.58. The van der Waals surface area contributed by atoms with Crippen LogP contribution >= 0.6 is 11.6 Å². The molecule has 1 N–H and O–H groups in total. The average molecular weight is 266 g/mol. The predicted molar refractivity (Wildman–Crippen MR) is 65.7 cm³/mol. The summed E-state index contributed by atoms with van der Waals surface area (Å²) in [5.74, 6) is 1.33. The first-order chi connectivity index (χ1) is 8.79. The predicted octanol–water partition coefficient (Wildman–Crippen LogP) is 1.51. The van der Waals surface area contributed by atoms with Crippen LogP contribution in [-0.4, -0.2) is 37.8 Å². The molecular formula is C11H12ClN5O. The highest BCUT2D eigenvalue weighted by Crippen LogP contribution is 2.36. The third kappa shape index (κ3) is 1.56. The largest absolute Gasteiger partial charge is 0.373 e. The highest BCUT2D eigenvalue weighted by atomic mass is 35.5. The SMILES string of the molecule is Clc1cc(NC2CC3CCC2O3)n2ncnc2n1. The van der Waals surface area contributed by atoms with Crippen molar-refractivity contribution >= 4 is 23.2 Å². The van der Waals surface area contributed by atoms with E-state index in [0.29, 0.717) is 29.2 Å². The summed E-state index contributed by atoms with van der Waals surface area (Å²) >= 11 is 5.98. The maximum Gasteiger partial charge on any atom is 0.255 e. The molecule has 0 spiro atoms. The Morgan fingerprint density at radius 1 is 1.44 bits per heavy atom. The van der Waals surface area contributed by atoms with Gasteiger partial charge in [-0.2, -0.15) is 19.6 Å². The Bertz CT molecular complexity index is 600. The van der Waals surface area contributed by atoms with E-state index in [-0.39, 0.29) is 0 Å². The molecule has 2 fully saturated rings. The summed E-state index contributed by atoms with van der Waals surface area (Å²) in [7, 11) is 0. The van der Waals surface area contributed by atoms with E-state index in [9.17, 15) is 0 Å². The van der Waals surface area contributed by atoms with Crippen LogP contribution in [-0.2, 0) is 4.74 Å². The Labute approximate surface area is 108 Å². The van der Waals surface area contributed by atoms with Crippen molar-refractivity contribution in [1.29, 1.82) is 0 Å². The number of rotatable bonds is 2. The monoisotopic (exact) mass is 265 g/mol. The second-order valence-electron chi connectivity index (χ2n) is 4.80. The molecule has 2 aliphatic rings. The Morgan fingerprint density at radius 2 is 2.39 bits per heavy atom. The Balaban J connectivity index is 1.68. The van der Waals surface area contributed by atoms with E-state index in [1.165, 1.54) is 12.7 Å². The topological polar surface area (TPSA) is 64.3 Å². The van der Waals surface area contributed by atoms with Crippen LogP contribution in [0, 0.1) is 0 Å². The normalized spacial score (nSPS) is 30.2. The first kappa shape index (κ1) is 10.5. The second-order valence-corrected chi connectivity index (χ2v) is 5.18. The van der Waals surface area contributed by atoms with Gasteiger partial charge in [-0.3, -0.25) is 0 Å². The van der Waals surface area contributed by atoms with E-state index in [2.05, 4.69) is 20.4 Å². The molecule has 94 valence electrons. The molecule has 3 atom stereocenters. The number of ether oxygens (including phenoxy) is 1. The van der Waals surface area contributed by atoms with Crippen molar-refractivity contribution in [3.63, 3.8) is 0 Å². The van der Waals surface area contributed by atoms with Gasteiger partial charge in [-0.25, -0.2) is 0 Å². The number of hydrogen-bond acceptors (Lipinski definition) is 5. The summed E-state index contributed by atoms with van der Waals surface area (Å²) in [5, 5.41) is 8.02. The summed E-state index contributed by atoms with van der Waals surface area (Å²) < 4.78 is 7.49. The lowest BCUT2D eigenvalue weighted by molar-refractivity contribution is 0.102. The average Bonchev–Trinajstić information content (AvgIpc) is 3.02. The fraction of sp³-hybridized carbons (Fsp3) is 0.545. The van der Waals surface area contributed by atoms with Crippen molar-refractivity contribution in [3.8, 4) is 0 Å². The number of nitrogens with one attached hydrogen (secondary N) is 1. The molecule has 4 rings (SSSR count). The molecule has 0 amide bonds. The minimum atomic E-state index is 0.306. The number of fused-ring (bicyclic) bond motifs is 3. The minimum absolute atomic E-state index is 0.306. The molecule has 2 aromatic heterocycles. The third-order valence-corrected chi connectivity index (χ3v) is 3.85. The van der Waals surface area contributed by atoms with Gasteiger partial charge >= 0.3 is 0 Å². The van der Waals surface area contributed by atoms with Crippen LogP contribution in [0.4, 0.5) is 5.82 Å². The smallest absolute Gasteiger partial charge is 0.255 e. The standard InChI is InChI=1S/C11H12ClN5O/c12-9-4-10(17-11(16-9)13-5-14-17)15-7-3-6-1-2-8(7)18-6/h4-8,15H,1-3H2. The number of nitrogens with zero attached hydrogens (tertiary/aromatic N) is 4. The summed E-state index contributed by atoms with van der Waals surface area (Å²) in [5.41, 5.74) is 0. The molecule has 18 heavy (non-hydrogen) atoms. The fourth-order valence-corrected chi connectivity index (χ4v) is 3.04. The fourth-order valence-electron chi connectivity index (χ4n) is 2.87. The van der Waals surface area contributed by atoms with Crippen LogP contribution in [0.2, 0.25) is 5.15 Å². The van der Waals surface area contributed by atoms with E-state index < -0.39 is 0 Å². The minimum Gasteiger partial charge on any atom is -0.373 e. The van der Waals surface area contributed by atoms with Gasteiger partial charge in [0.15, 0.2) is 0 Å². The van der Waals surface area contributed by atoms with E-state index >= 15 is 0 Å². The molecule has 0 saturated carbocycles. The quantitative estimate of drug-likeness (QED) is 0.834. The van der Waals surface area contributed by atoms with Crippen LogP contribution in [0.15, 0.2) is 12.4 Å². The number of halogens is 1. The van der Waals surface area contributed by atoms with Crippen LogP contribution in [0.25, 0.3) is 5.78 Å². The van der Waals surface area contributed by atoms with Crippen LogP contribution < -0.4 is 5.32 Å². The summed E-state index contributed by atoms with van der Waals surface area (Å²) in [6.45, 7) is 0. The molecule has 3 unspecified atom stereocenters. The Kier molecular flexibility index (Phi) is 2.22. The lowest BCUT2D eigenvalue weighted by Crippen LogP contribution is -2.31. The van der Waals surface area contributed by atoms with Crippen LogP contribution in [0.5, 0.6) is 0 Å². The van der Waals surface area contributed by atoms with E-state index in [0.717, 1.165) is 18.7 Å². The third-order valence-electron chi connectivity index (χ3n) is 3.66. The Morgan fingerprint density at radius 3 is 3.17 bits per heavy atom. The maximum absolute atomic E-state index is 5.98. The van der Waals surface area contributed by atoms with Crippen molar-refractivity contribution < 1.29 is 4.74 Å². The first-order valence-electron chi connectivity index (χ1n) is 6.08. The zero-order valence-corrected chi connectivity index (χ0v) is 10.3. The van der Waals surface area contributed by atoms with Gasteiger partial charge in [0.2, 0.25) is 0 Å². The van der Waals surface area contributed by atoms with Crippen LogP contribution in [0.3, 0.4) is 0 Å². The van der Waals surface area contributed by atoms with Gasteiger partial charge in [-0.15, -0.1) is 0 Å². The van der Waals surface area contributed by atoms with Crippen molar-refractivity contribution in [2.75, 3.05) is 5.32 Å². The lowest BCUT2D eigenvalue weighted by Gasteiger charge is -2.21. The summed E-state index contributed by atoms with van der Waals surface area (Å²) in [6, 6.07) is 2.10. The molecule has 6 nitrogen and oxygen atoms in total. The first-order valence-corrected chi connectivity index (χ1v) is 6.46. The van der Waals surface area contributed by atoms with Crippen molar-refractivity contribution in [1.82, 2.24) is 19.6 Å². The zero-order chi connectivity index (χ0) is 12.1. The molecule has 2 saturated heterocycles. The van der Waals surface area contributed by atoms with E-state index in [1.807, 2.05) is 0 Å². The van der Waals surface area contributed by atoms with Gasteiger partial charge in [-0.05, 0) is 19.3 Å². The van der Waals surface area contributed by atoms with Crippen LogP contribution in [0.1, 0.15) is 19.3 Å². The lowest BCUT2D eigenvalue weighted by atomic mass is 9.95. The molecular weight excluding hydrogens is 254 g/mol. The molecule has 0 radical (unpaired) electrons. The summed E-state index contributed by atoms with van der Waals surface area (Å²) in [6.07, 6.45) is 5.54. The van der Waals surface area contributed by atoms with E-state index in [1.54, 1.807) is 10.6 Å². The molecule has 2 aromatic rings. The van der Waals surface area contributed by atoms with Crippen molar-refractivity contribution in [2.45, 2.75) is 37.5 Å². The number of anilines is 1.